The molecule has 1 aromatic carbocycles. The Hall–Kier alpha value is -1.43. The lowest BCUT2D eigenvalue weighted by Gasteiger charge is -2.15. The summed E-state index contributed by atoms with van der Waals surface area (Å²) in [5.74, 6) is -0.961. The van der Waals surface area contributed by atoms with Crippen LogP contribution in [0.15, 0.2) is 12.1 Å². The number of aryl methyl sites for hydroxylation is 1. The van der Waals surface area contributed by atoms with E-state index >= 15 is 0 Å². The molecule has 0 fully saturated rings. The topological polar surface area (TPSA) is 55.5 Å². The lowest BCUT2D eigenvalue weighted by Crippen LogP contribution is -2.08. The molecule has 102 valence electrons. The van der Waals surface area contributed by atoms with Crippen molar-refractivity contribution in [3.05, 3.63) is 23.3 Å². The van der Waals surface area contributed by atoms with Gasteiger partial charge in [0.1, 0.15) is 5.56 Å². The summed E-state index contributed by atoms with van der Waals surface area (Å²) in [7, 11) is 1.11. The van der Waals surface area contributed by atoms with Crippen LogP contribution in [0.5, 0.6) is 11.5 Å². The van der Waals surface area contributed by atoms with Crippen LogP contribution >= 0.6 is 0 Å². The Bertz CT molecular complexity index is 405. The van der Waals surface area contributed by atoms with Crippen LogP contribution in [0.2, 0.25) is 0 Å². The smallest absolute Gasteiger partial charge is 0.420 e. The zero-order valence-corrected chi connectivity index (χ0v) is 10.0. The highest BCUT2D eigenvalue weighted by molar-refractivity contribution is 5.52. The van der Waals surface area contributed by atoms with E-state index in [1.54, 1.807) is 0 Å². The van der Waals surface area contributed by atoms with Gasteiger partial charge in [-0.3, -0.25) is 0 Å². The lowest BCUT2D eigenvalue weighted by molar-refractivity contribution is -0.138. The molecule has 6 heteroatoms. The molecule has 0 aliphatic carbocycles. The van der Waals surface area contributed by atoms with Crippen molar-refractivity contribution in [3.63, 3.8) is 0 Å². The number of ether oxygens (including phenoxy) is 1. The highest BCUT2D eigenvalue weighted by Crippen LogP contribution is 2.42. The second-order valence-electron chi connectivity index (χ2n) is 3.90. The Morgan fingerprint density at radius 2 is 1.94 bits per heavy atom. The molecule has 0 saturated carbocycles. The van der Waals surface area contributed by atoms with Crippen LogP contribution in [0, 0.1) is 0 Å². The highest BCUT2D eigenvalue weighted by atomic mass is 19.4. The van der Waals surface area contributed by atoms with E-state index in [2.05, 4.69) is 4.74 Å². The summed E-state index contributed by atoms with van der Waals surface area (Å²) in [6.45, 7) is 0.512. The Balaban J connectivity index is 3.05. The fourth-order valence-electron chi connectivity index (χ4n) is 1.70. The number of hydrogen-bond acceptors (Lipinski definition) is 3. The molecule has 0 radical (unpaired) electrons. The Kier molecular flexibility index (Phi) is 4.84. The molecule has 0 bridgehead atoms. The number of halogens is 3. The number of rotatable bonds is 5. The maximum atomic E-state index is 12.6. The first kappa shape index (κ1) is 14.6. The molecule has 3 nitrogen and oxygen atoms in total. The summed E-state index contributed by atoms with van der Waals surface area (Å²) in [4.78, 5) is 0. The van der Waals surface area contributed by atoms with Gasteiger partial charge in [-0.25, -0.2) is 0 Å². The van der Waals surface area contributed by atoms with Gasteiger partial charge in [0.25, 0.3) is 0 Å². The molecule has 0 amide bonds. The van der Waals surface area contributed by atoms with Gasteiger partial charge in [0.2, 0.25) is 0 Å². The summed E-state index contributed by atoms with van der Waals surface area (Å²) in [6, 6.07) is 2.20. The van der Waals surface area contributed by atoms with E-state index in [9.17, 15) is 18.3 Å². The van der Waals surface area contributed by atoms with Gasteiger partial charge in [0, 0.05) is 0 Å². The molecule has 1 aromatic rings. The van der Waals surface area contributed by atoms with Crippen LogP contribution < -0.4 is 10.5 Å². The number of phenolic OH excluding ortho intramolecular Hbond substituents is 1. The summed E-state index contributed by atoms with van der Waals surface area (Å²) < 4.78 is 42.6. The molecule has 0 aromatic heterocycles. The second-order valence-corrected chi connectivity index (χ2v) is 3.90. The summed E-state index contributed by atoms with van der Waals surface area (Å²) in [6.07, 6.45) is -2.61. The van der Waals surface area contributed by atoms with E-state index in [-0.39, 0.29) is 0 Å². The van der Waals surface area contributed by atoms with Gasteiger partial charge in [-0.1, -0.05) is 6.07 Å². The average Bonchev–Trinajstić information content (AvgIpc) is 2.29. The number of alkyl halides is 3. The minimum atomic E-state index is -4.54. The molecule has 0 spiro atoms. The van der Waals surface area contributed by atoms with Crippen LogP contribution in [0.4, 0.5) is 13.2 Å². The first-order chi connectivity index (χ1) is 8.41. The predicted molar refractivity (Wildman–Crippen MR) is 61.7 cm³/mol. The Labute approximate surface area is 103 Å². The van der Waals surface area contributed by atoms with Gasteiger partial charge in [-0.2, -0.15) is 13.2 Å². The van der Waals surface area contributed by atoms with Gasteiger partial charge in [-0.15, -0.1) is 0 Å². The SMILES string of the molecule is COc1c(C(F)(F)F)ccc(CCCCN)c1O. The van der Waals surface area contributed by atoms with E-state index in [0.29, 0.717) is 24.9 Å². The van der Waals surface area contributed by atoms with Gasteiger partial charge in [-0.05, 0) is 37.4 Å². The minimum absolute atomic E-state index is 0.438. The Morgan fingerprint density at radius 1 is 1.28 bits per heavy atom. The monoisotopic (exact) mass is 263 g/mol. The first-order valence-electron chi connectivity index (χ1n) is 5.58. The number of phenols is 1. The largest absolute Gasteiger partial charge is 0.504 e. The highest BCUT2D eigenvalue weighted by Gasteiger charge is 2.36. The van der Waals surface area contributed by atoms with Crippen molar-refractivity contribution >= 4 is 0 Å². The van der Waals surface area contributed by atoms with Gasteiger partial charge in [0.05, 0.1) is 7.11 Å². The number of nitrogens with two attached hydrogens (primary N) is 1. The standard InChI is InChI=1S/C12H16F3NO2/c1-18-11-9(12(13,14)15)6-5-8(10(11)17)4-2-3-7-16/h5-6,17H,2-4,7,16H2,1H3. The maximum Gasteiger partial charge on any atom is 0.420 e. The van der Waals surface area contributed by atoms with Crippen LogP contribution in [-0.4, -0.2) is 18.8 Å². The van der Waals surface area contributed by atoms with Crippen molar-refractivity contribution in [3.8, 4) is 11.5 Å². The van der Waals surface area contributed by atoms with Crippen molar-refractivity contribution in [1.29, 1.82) is 0 Å². The van der Waals surface area contributed by atoms with Crippen molar-refractivity contribution in [2.24, 2.45) is 5.73 Å². The molecule has 0 heterocycles. The molecule has 0 aliphatic rings. The minimum Gasteiger partial charge on any atom is -0.504 e. The van der Waals surface area contributed by atoms with E-state index in [4.69, 9.17) is 5.73 Å². The van der Waals surface area contributed by atoms with Gasteiger partial charge in [0.15, 0.2) is 11.5 Å². The van der Waals surface area contributed by atoms with E-state index in [1.807, 2.05) is 0 Å². The molecule has 3 N–H and O–H groups in total. The van der Waals surface area contributed by atoms with Crippen molar-refractivity contribution in [1.82, 2.24) is 0 Å². The zero-order chi connectivity index (χ0) is 13.8. The zero-order valence-electron chi connectivity index (χ0n) is 10.0. The van der Waals surface area contributed by atoms with Crippen LogP contribution in [-0.2, 0) is 12.6 Å². The van der Waals surface area contributed by atoms with Gasteiger partial charge < -0.3 is 15.6 Å². The number of methoxy groups -OCH3 is 1. The van der Waals surface area contributed by atoms with Crippen LogP contribution in [0.25, 0.3) is 0 Å². The molecule has 1 rings (SSSR count). The maximum absolute atomic E-state index is 12.6. The normalized spacial score (nSPS) is 11.6. The van der Waals surface area contributed by atoms with Gasteiger partial charge >= 0.3 is 6.18 Å². The van der Waals surface area contributed by atoms with Crippen LogP contribution in [0.3, 0.4) is 0 Å². The average molecular weight is 263 g/mol. The molecule has 0 aliphatic heterocycles. The summed E-state index contributed by atoms with van der Waals surface area (Å²) in [5, 5.41) is 9.78. The second kappa shape index (κ2) is 5.95. The lowest BCUT2D eigenvalue weighted by atomic mass is 10.0. The van der Waals surface area contributed by atoms with Crippen molar-refractivity contribution < 1.29 is 23.0 Å². The molecule has 0 atom stereocenters. The third-order valence-corrected chi connectivity index (χ3v) is 2.62. The number of hydrogen-bond donors (Lipinski definition) is 2. The fourth-order valence-corrected chi connectivity index (χ4v) is 1.70. The summed E-state index contributed by atoms with van der Waals surface area (Å²) >= 11 is 0. The predicted octanol–water partition coefficient (Wildman–Crippen LogP) is 2.70. The van der Waals surface area contributed by atoms with Crippen LogP contribution in [0.1, 0.15) is 24.0 Å². The fraction of sp³-hybridized carbons (Fsp3) is 0.500. The third-order valence-electron chi connectivity index (χ3n) is 2.62. The molecular weight excluding hydrogens is 247 g/mol. The number of aromatic hydroxyl groups is 1. The van der Waals surface area contributed by atoms with Crippen molar-refractivity contribution in [2.75, 3.05) is 13.7 Å². The third kappa shape index (κ3) is 3.29. The molecular formula is C12H16F3NO2. The van der Waals surface area contributed by atoms with E-state index in [1.165, 1.54) is 6.07 Å². The molecule has 0 unspecified atom stereocenters. The van der Waals surface area contributed by atoms with Crippen molar-refractivity contribution in [2.45, 2.75) is 25.4 Å². The first-order valence-corrected chi connectivity index (χ1v) is 5.58. The van der Waals surface area contributed by atoms with E-state index in [0.717, 1.165) is 19.6 Å². The quantitative estimate of drug-likeness (QED) is 0.803. The Morgan fingerprint density at radius 3 is 2.44 bits per heavy atom. The summed E-state index contributed by atoms with van der Waals surface area (Å²) in [5.41, 5.74) is 4.80. The van der Waals surface area contributed by atoms with E-state index < -0.39 is 23.2 Å². The number of benzene rings is 1. The molecule has 18 heavy (non-hydrogen) atoms. The number of unbranched alkanes of at least 4 members (excludes halogenated alkanes) is 1. The molecule has 0 saturated heterocycles.